The van der Waals surface area contributed by atoms with Gasteiger partial charge in [0.1, 0.15) is 23.7 Å². The SMILES string of the molecule is CCOc1cc(C(N)=O)c2ncnc(N(C)C(C)(CN)c3cccc(F)c3)c2c1. The number of benzene rings is 2. The largest absolute Gasteiger partial charge is 0.494 e. The van der Waals surface area contributed by atoms with Crippen LogP contribution in [0.4, 0.5) is 10.2 Å². The lowest BCUT2D eigenvalue weighted by Crippen LogP contribution is -2.47. The van der Waals surface area contributed by atoms with Crippen molar-refractivity contribution in [3.05, 3.63) is 59.7 Å². The Morgan fingerprint density at radius 3 is 2.66 bits per heavy atom. The number of ether oxygens (including phenoxy) is 1. The molecule has 4 N–H and O–H groups in total. The average Bonchev–Trinajstić information content (AvgIpc) is 2.71. The average molecular weight is 397 g/mol. The van der Waals surface area contributed by atoms with Crippen LogP contribution in [0.2, 0.25) is 0 Å². The molecule has 0 saturated carbocycles. The molecule has 0 bridgehead atoms. The standard InChI is InChI=1S/C21H24FN5O2/c1-4-29-15-9-16(19(24)28)18-17(10-15)20(26-12-25-18)27(3)21(2,11-23)13-6-5-7-14(22)8-13/h5-10,12H,4,11,23H2,1-3H3,(H2,24,28). The zero-order chi connectivity index (χ0) is 21.2. The number of amides is 1. The molecule has 1 amide bonds. The number of rotatable bonds is 7. The van der Waals surface area contributed by atoms with Crippen LogP contribution in [0.25, 0.3) is 10.9 Å². The van der Waals surface area contributed by atoms with E-state index in [1.807, 2.05) is 31.9 Å². The summed E-state index contributed by atoms with van der Waals surface area (Å²) < 4.78 is 19.5. The van der Waals surface area contributed by atoms with Crippen molar-refractivity contribution in [1.29, 1.82) is 0 Å². The van der Waals surface area contributed by atoms with Crippen molar-refractivity contribution in [3.63, 3.8) is 0 Å². The van der Waals surface area contributed by atoms with Crippen LogP contribution < -0.4 is 21.1 Å². The predicted octanol–water partition coefficient (Wildman–Crippen LogP) is 2.58. The summed E-state index contributed by atoms with van der Waals surface area (Å²) in [5, 5.41) is 0.589. The Hall–Kier alpha value is -3.26. The minimum absolute atomic E-state index is 0.201. The van der Waals surface area contributed by atoms with Crippen LogP contribution in [0.5, 0.6) is 5.75 Å². The van der Waals surface area contributed by atoms with Crippen molar-refractivity contribution in [2.24, 2.45) is 11.5 Å². The summed E-state index contributed by atoms with van der Waals surface area (Å²) in [4.78, 5) is 22.5. The zero-order valence-corrected chi connectivity index (χ0v) is 16.6. The van der Waals surface area contributed by atoms with E-state index in [9.17, 15) is 9.18 Å². The van der Waals surface area contributed by atoms with Gasteiger partial charge < -0.3 is 21.1 Å². The number of hydrogen-bond donors (Lipinski definition) is 2. The summed E-state index contributed by atoms with van der Waals surface area (Å²) in [6.07, 6.45) is 1.36. The maximum absolute atomic E-state index is 13.9. The first-order chi connectivity index (χ1) is 13.8. The molecule has 3 aromatic rings. The molecule has 0 aliphatic carbocycles. The topological polar surface area (TPSA) is 107 Å². The van der Waals surface area contributed by atoms with Gasteiger partial charge in [0, 0.05) is 19.0 Å². The summed E-state index contributed by atoms with van der Waals surface area (Å²) in [5.41, 5.74) is 12.3. The number of likely N-dealkylation sites (N-methyl/N-ethyl adjacent to an activating group) is 1. The third kappa shape index (κ3) is 3.71. The van der Waals surface area contributed by atoms with Gasteiger partial charge in [0.15, 0.2) is 0 Å². The van der Waals surface area contributed by atoms with Crippen LogP contribution in [0.3, 0.4) is 0 Å². The normalized spacial score (nSPS) is 13.1. The number of nitrogens with two attached hydrogens (primary N) is 2. The molecule has 1 heterocycles. The molecule has 152 valence electrons. The molecular weight excluding hydrogens is 373 g/mol. The second-order valence-electron chi connectivity index (χ2n) is 6.91. The summed E-state index contributed by atoms with van der Waals surface area (Å²) in [7, 11) is 1.82. The summed E-state index contributed by atoms with van der Waals surface area (Å²) in [6, 6.07) is 9.62. The van der Waals surface area contributed by atoms with Crippen molar-refractivity contribution in [3.8, 4) is 5.75 Å². The molecule has 1 unspecified atom stereocenters. The Balaban J connectivity index is 2.23. The second kappa shape index (κ2) is 8.00. The molecule has 0 aliphatic heterocycles. The third-order valence-electron chi connectivity index (χ3n) is 5.17. The highest BCUT2D eigenvalue weighted by atomic mass is 19.1. The van der Waals surface area contributed by atoms with Gasteiger partial charge in [-0.15, -0.1) is 0 Å². The van der Waals surface area contributed by atoms with E-state index in [4.69, 9.17) is 16.2 Å². The van der Waals surface area contributed by atoms with Gasteiger partial charge in [-0.2, -0.15) is 0 Å². The molecule has 0 fully saturated rings. The quantitative estimate of drug-likeness (QED) is 0.634. The van der Waals surface area contributed by atoms with Gasteiger partial charge in [-0.3, -0.25) is 4.79 Å². The fourth-order valence-corrected chi connectivity index (χ4v) is 3.34. The Morgan fingerprint density at radius 1 is 1.28 bits per heavy atom. The van der Waals surface area contributed by atoms with E-state index < -0.39 is 11.4 Å². The van der Waals surface area contributed by atoms with Crippen LogP contribution in [0, 0.1) is 5.82 Å². The number of carbonyl (C=O) groups is 1. The lowest BCUT2D eigenvalue weighted by atomic mass is 9.90. The highest BCUT2D eigenvalue weighted by Crippen LogP contribution is 2.36. The molecule has 0 saturated heterocycles. The van der Waals surface area contributed by atoms with Crippen LogP contribution >= 0.6 is 0 Å². The molecule has 0 radical (unpaired) electrons. The molecule has 1 aromatic heterocycles. The summed E-state index contributed by atoms with van der Waals surface area (Å²) in [5.74, 6) is 0.0445. The number of fused-ring (bicyclic) bond motifs is 1. The number of hydrogen-bond acceptors (Lipinski definition) is 6. The highest BCUT2D eigenvalue weighted by molar-refractivity contribution is 6.07. The number of halogens is 1. The van der Waals surface area contributed by atoms with E-state index >= 15 is 0 Å². The first kappa shape index (κ1) is 20.5. The van der Waals surface area contributed by atoms with Crippen molar-refractivity contribution in [2.75, 3.05) is 25.1 Å². The first-order valence-corrected chi connectivity index (χ1v) is 9.23. The summed E-state index contributed by atoms with van der Waals surface area (Å²) >= 11 is 0. The molecule has 7 nitrogen and oxygen atoms in total. The molecule has 8 heteroatoms. The van der Waals surface area contributed by atoms with Gasteiger partial charge >= 0.3 is 0 Å². The molecule has 3 rings (SSSR count). The van der Waals surface area contributed by atoms with Crippen molar-refractivity contribution in [1.82, 2.24) is 9.97 Å². The Kier molecular flexibility index (Phi) is 5.65. The smallest absolute Gasteiger partial charge is 0.251 e. The van der Waals surface area contributed by atoms with Gasteiger partial charge in [-0.1, -0.05) is 12.1 Å². The predicted molar refractivity (Wildman–Crippen MR) is 110 cm³/mol. The van der Waals surface area contributed by atoms with Crippen molar-refractivity contribution >= 4 is 22.6 Å². The van der Waals surface area contributed by atoms with E-state index in [0.717, 1.165) is 0 Å². The van der Waals surface area contributed by atoms with Gasteiger partial charge in [0.2, 0.25) is 0 Å². The Morgan fingerprint density at radius 2 is 2.03 bits per heavy atom. The van der Waals surface area contributed by atoms with Crippen LogP contribution in [-0.4, -0.2) is 36.1 Å². The second-order valence-corrected chi connectivity index (χ2v) is 6.91. The molecule has 2 aromatic carbocycles. The lowest BCUT2D eigenvalue weighted by Gasteiger charge is -2.39. The molecule has 0 aliphatic rings. The molecular formula is C21H24FN5O2. The maximum Gasteiger partial charge on any atom is 0.251 e. The minimum Gasteiger partial charge on any atom is -0.494 e. The van der Waals surface area contributed by atoms with Crippen LogP contribution in [-0.2, 0) is 5.54 Å². The van der Waals surface area contributed by atoms with Crippen LogP contribution in [0.15, 0.2) is 42.7 Å². The minimum atomic E-state index is -0.766. The highest BCUT2D eigenvalue weighted by Gasteiger charge is 2.33. The van der Waals surface area contributed by atoms with Gasteiger partial charge in [0.05, 0.1) is 23.2 Å². The molecule has 0 spiro atoms. The van der Waals surface area contributed by atoms with E-state index in [0.29, 0.717) is 34.6 Å². The molecule has 29 heavy (non-hydrogen) atoms. The lowest BCUT2D eigenvalue weighted by molar-refractivity contribution is 0.100. The van der Waals surface area contributed by atoms with E-state index in [1.54, 1.807) is 18.2 Å². The van der Waals surface area contributed by atoms with E-state index in [1.165, 1.54) is 18.5 Å². The summed E-state index contributed by atoms with van der Waals surface area (Å²) in [6.45, 7) is 4.37. The first-order valence-electron chi connectivity index (χ1n) is 9.23. The number of anilines is 1. The van der Waals surface area contributed by atoms with Crippen molar-refractivity contribution in [2.45, 2.75) is 19.4 Å². The maximum atomic E-state index is 13.9. The van der Waals surface area contributed by atoms with Gasteiger partial charge in [-0.25, -0.2) is 14.4 Å². The fourth-order valence-electron chi connectivity index (χ4n) is 3.34. The zero-order valence-electron chi connectivity index (χ0n) is 16.6. The van der Waals surface area contributed by atoms with Gasteiger partial charge in [-0.05, 0) is 43.7 Å². The Labute approximate surface area is 168 Å². The number of nitrogens with zero attached hydrogens (tertiary/aromatic N) is 3. The number of primary amides is 1. The van der Waals surface area contributed by atoms with E-state index in [-0.39, 0.29) is 17.9 Å². The monoisotopic (exact) mass is 397 g/mol. The van der Waals surface area contributed by atoms with Crippen LogP contribution in [0.1, 0.15) is 29.8 Å². The fraction of sp³-hybridized carbons (Fsp3) is 0.286. The van der Waals surface area contributed by atoms with E-state index in [2.05, 4.69) is 9.97 Å². The van der Waals surface area contributed by atoms with Gasteiger partial charge in [0.25, 0.3) is 5.91 Å². The third-order valence-corrected chi connectivity index (χ3v) is 5.17. The number of aromatic nitrogens is 2. The number of carbonyl (C=O) groups excluding carboxylic acids is 1. The molecule has 1 atom stereocenters. The Bertz CT molecular complexity index is 1060. The van der Waals surface area contributed by atoms with Crippen molar-refractivity contribution < 1.29 is 13.9 Å².